The number of rotatable bonds is 8. The molecule has 0 aliphatic rings. The van der Waals surface area contributed by atoms with E-state index in [0.29, 0.717) is 13.2 Å². The molecule has 0 saturated carbocycles. The molecular weight excluding hydrogens is 207 g/mol. The van der Waals surface area contributed by atoms with Crippen LogP contribution in [-0.2, 0) is 23.1 Å². The molecule has 0 aromatic carbocycles. The van der Waals surface area contributed by atoms with Gasteiger partial charge in [-0.1, -0.05) is 0 Å². The van der Waals surface area contributed by atoms with Crippen molar-refractivity contribution in [2.75, 3.05) is 33.6 Å². The Labute approximate surface area is 85.2 Å². The Bertz CT molecular complexity index is 171. The number of hydrogen-bond acceptors (Lipinski definition) is 5. The second-order valence-corrected chi connectivity index (χ2v) is 4.82. The van der Waals surface area contributed by atoms with E-state index < -0.39 is 13.9 Å². The fourth-order valence-electron chi connectivity index (χ4n) is 0.931. The molecule has 5 nitrogen and oxygen atoms in total. The first-order valence-corrected chi connectivity index (χ1v) is 6.28. The molecule has 0 heterocycles. The van der Waals surface area contributed by atoms with Crippen LogP contribution in [0.4, 0.5) is 0 Å². The van der Waals surface area contributed by atoms with Crippen molar-refractivity contribution in [3.05, 3.63) is 0 Å². The van der Waals surface area contributed by atoms with Gasteiger partial charge in [0.05, 0.1) is 0 Å². The molecule has 0 radical (unpaired) electrons. The van der Waals surface area contributed by atoms with Crippen molar-refractivity contribution >= 4 is 7.60 Å². The Morgan fingerprint density at radius 2 is 1.50 bits per heavy atom. The largest absolute Gasteiger partial charge is 0.352 e. The lowest BCUT2D eigenvalue weighted by Crippen LogP contribution is -2.22. The molecule has 0 bridgehead atoms. The topological polar surface area (TPSA) is 54.0 Å². The zero-order valence-corrected chi connectivity index (χ0v) is 10.1. The predicted octanol–water partition coefficient (Wildman–Crippen LogP) is 1.87. The van der Waals surface area contributed by atoms with E-state index in [1.807, 2.05) is 13.8 Å². The van der Waals surface area contributed by atoms with Gasteiger partial charge in [0.15, 0.2) is 6.29 Å². The lowest BCUT2D eigenvalue weighted by atomic mass is 10.7. The number of hydrogen-bond donors (Lipinski definition) is 0. The molecule has 0 aliphatic heterocycles. The smallest absolute Gasteiger partial charge is 0.335 e. The second kappa shape index (κ2) is 7.37. The highest BCUT2D eigenvalue weighted by Crippen LogP contribution is 2.47. The number of ether oxygens (including phenoxy) is 2. The van der Waals surface area contributed by atoms with Crippen LogP contribution in [0.2, 0.25) is 0 Å². The van der Waals surface area contributed by atoms with Crippen LogP contribution < -0.4 is 0 Å². The van der Waals surface area contributed by atoms with Crippen molar-refractivity contribution in [2.24, 2.45) is 0 Å². The van der Waals surface area contributed by atoms with E-state index in [1.165, 1.54) is 14.2 Å². The van der Waals surface area contributed by atoms with Crippen LogP contribution in [0.15, 0.2) is 0 Å². The summed E-state index contributed by atoms with van der Waals surface area (Å²) in [5, 5.41) is 0. The van der Waals surface area contributed by atoms with Gasteiger partial charge in [-0.2, -0.15) is 0 Å². The van der Waals surface area contributed by atoms with Crippen molar-refractivity contribution in [1.82, 2.24) is 0 Å². The molecular formula is C8H19O5P. The van der Waals surface area contributed by atoms with Gasteiger partial charge in [0.2, 0.25) is 0 Å². The maximum Gasteiger partial charge on any atom is 0.335 e. The SMILES string of the molecule is CCOC(CP(=O)(OC)OC)OCC. The quantitative estimate of drug-likeness (QED) is 0.467. The van der Waals surface area contributed by atoms with Crippen LogP contribution in [0, 0.1) is 0 Å². The third kappa shape index (κ3) is 5.08. The van der Waals surface area contributed by atoms with Gasteiger partial charge in [-0.05, 0) is 13.8 Å². The van der Waals surface area contributed by atoms with E-state index in [1.54, 1.807) is 0 Å². The minimum atomic E-state index is -3.05. The first-order valence-electron chi connectivity index (χ1n) is 4.55. The normalized spacial score (nSPS) is 12.4. The van der Waals surface area contributed by atoms with Crippen LogP contribution in [0.5, 0.6) is 0 Å². The van der Waals surface area contributed by atoms with Crippen LogP contribution >= 0.6 is 7.60 Å². The van der Waals surface area contributed by atoms with Crippen molar-refractivity contribution in [1.29, 1.82) is 0 Å². The lowest BCUT2D eigenvalue weighted by molar-refractivity contribution is -0.123. The molecule has 0 N–H and O–H groups in total. The summed E-state index contributed by atoms with van der Waals surface area (Å²) >= 11 is 0. The fraction of sp³-hybridized carbons (Fsp3) is 1.00. The zero-order valence-electron chi connectivity index (χ0n) is 9.19. The molecule has 0 aliphatic carbocycles. The lowest BCUT2D eigenvalue weighted by Gasteiger charge is -2.20. The minimum absolute atomic E-state index is 0.113. The van der Waals surface area contributed by atoms with E-state index in [4.69, 9.17) is 18.5 Å². The Balaban J connectivity index is 4.18. The molecule has 0 aromatic rings. The van der Waals surface area contributed by atoms with E-state index in [9.17, 15) is 4.57 Å². The van der Waals surface area contributed by atoms with Crippen LogP contribution in [0.25, 0.3) is 0 Å². The van der Waals surface area contributed by atoms with Gasteiger partial charge in [0.25, 0.3) is 0 Å². The van der Waals surface area contributed by atoms with E-state index >= 15 is 0 Å². The molecule has 0 aromatic heterocycles. The van der Waals surface area contributed by atoms with Crippen molar-refractivity contribution in [3.8, 4) is 0 Å². The maximum absolute atomic E-state index is 11.7. The van der Waals surface area contributed by atoms with Crippen molar-refractivity contribution in [2.45, 2.75) is 20.1 Å². The zero-order chi connectivity index (χ0) is 11.0. The molecule has 0 spiro atoms. The van der Waals surface area contributed by atoms with E-state index in [2.05, 4.69) is 0 Å². The molecule has 86 valence electrons. The molecule has 0 unspecified atom stereocenters. The highest BCUT2D eigenvalue weighted by Gasteiger charge is 2.27. The van der Waals surface area contributed by atoms with Crippen LogP contribution in [0.3, 0.4) is 0 Å². The van der Waals surface area contributed by atoms with Crippen LogP contribution in [-0.4, -0.2) is 39.9 Å². The fourth-order valence-corrected chi connectivity index (χ4v) is 1.95. The Hall–Kier alpha value is 0.0700. The Morgan fingerprint density at radius 3 is 1.79 bits per heavy atom. The Kier molecular flexibility index (Phi) is 7.41. The van der Waals surface area contributed by atoms with Gasteiger partial charge >= 0.3 is 7.60 Å². The molecule has 0 amide bonds. The highest BCUT2D eigenvalue weighted by atomic mass is 31.2. The summed E-state index contributed by atoms with van der Waals surface area (Å²) in [5.41, 5.74) is 0. The molecule has 14 heavy (non-hydrogen) atoms. The summed E-state index contributed by atoms with van der Waals surface area (Å²) in [6, 6.07) is 0. The third-order valence-electron chi connectivity index (χ3n) is 1.63. The summed E-state index contributed by atoms with van der Waals surface area (Å²) in [6.07, 6.45) is -0.419. The van der Waals surface area contributed by atoms with Gasteiger partial charge in [-0.15, -0.1) is 0 Å². The van der Waals surface area contributed by atoms with Crippen LogP contribution in [0.1, 0.15) is 13.8 Å². The summed E-state index contributed by atoms with van der Waals surface area (Å²) < 4.78 is 31.7. The second-order valence-electron chi connectivity index (χ2n) is 2.50. The minimum Gasteiger partial charge on any atom is -0.352 e. The predicted molar refractivity (Wildman–Crippen MR) is 53.5 cm³/mol. The molecule has 0 rings (SSSR count). The third-order valence-corrected chi connectivity index (χ3v) is 3.49. The first kappa shape index (κ1) is 14.1. The molecule has 0 atom stereocenters. The summed E-state index contributed by atoms with van der Waals surface area (Å²) in [6.45, 7) is 4.68. The van der Waals surface area contributed by atoms with Gasteiger partial charge in [0.1, 0.15) is 6.16 Å². The molecule has 6 heteroatoms. The van der Waals surface area contributed by atoms with Gasteiger partial charge in [-0.3, -0.25) is 4.57 Å². The van der Waals surface area contributed by atoms with E-state index in [0.717, 1.165) is 0 Å². The molecule has 0 saturated heterocycles. The Morgan fingerprint density at radius 1 is 1.07 bits per heavy atom. The summed E-state index contributed by atoms with van der Waals surface area (Å²) in [5.74, 6) is 0. The standard InChI is InChI=1S/C8H19O5P/c1-5-12-8(13-6-2)7-14(9,10-3)11-4/h8H,5-7H2,1-4H3. The first-order chi connectivity index (χ1) is 6.61. The molecule has 0 fully saturated rings. The van der Waals surface area contributed by atoms with Crippen molar-refractivity contribution in [3.63, 3.8) is 0 Å². The monoisotopic (exact) mass is 226 g/mol. The summed E-state index contributed by atoms with van der Waals surface area (Å²) in [7, 11) is -0.354. The van der Waals surface area contributed by atoms with Gasteiger partial charge in [0, 0.05) is 27.4 Å². The maximum atomic E-state index is 11.7. The van der Waals surface area contributed by atoms with Crippen molar-refractivity contribution < 1.29 is 23.1 Å². The highest BCUT2D eigenvalue weighted by molar-refractivity contribution is 7.53. The summed E-state index contributed by atoms with van der Waals surface area (Å²) in [4.78, 5) is 0. The average Bonchev–Trinajstić information content (AvgIpc) is 2.18. The van der Waals surface area contributed by atoms with Gasteiger partial charge < -0.3 is 18.5 Å². The van der Waals surface area contributed by atoms with E-state index in [-0.39, 0.29) is 6.16 Å². The average molecular weight is 226 g/mol. The van der Waals surface area contributed by atoms with Gasteiger partial charge in [-0.25, -0.2) is 0 Å².